The Morgan fingerprint density at radius 3 is 2.06 bits per heavy atom. The molecule has 0 saturated carbocycles. The molecule has 0 fully saturated rings. The third-order valence-electron chi connectivity index (χ3n) is 14.0. The molecule has 14 rings (SSSR count). The molecule has 0 spiro atoms. The molecule has 0 saturated heterocycles. The van der Waals surface area contributed by atoms with Crippen LogP contribution in [0.3, 0.4) is 0 Å². The number of benzene rings is 8. The Labute approximate surface area is 417 Å². The predicted octanol–water partition coefficient (Wildman–Crippen LogP) is 16.1. The van der Waals surface area contributed by atoms with Gasteiger partial charge in [-0.05, 0) is 102 Å². The molecule has 13 aromatic rings. The summed E-state index contributed by atoms with van der Waals surface area (Å²) in [6.45, 7) is 6.40. The maximum atomic E-state index is 6.83. The van der Waals surface area contributed by atoms with E-state index < -0.39 is 0 Å². The van der Waals surface area contributed by atoms with E-state index in [2.05, 4.69) is 175 Å². The van der Waals surface area contributed by atoms with Crippen LogP contribution >= 0.6 is 11.3 Å². The summed E-state index contributed by atoms with van der Waals surface area (Å²) in [6, 6.07) is 61.6. The molecule has 0 amide bonds. The fourth-order valence-corrected chi connectivity index (χ4v) is 11.9. The zero-order valence-electron chi connectivity index (χ0n) is 39.1. The molecule has 0 atom stereocenters. The Bertz CT molecular complexity index is 4530. The second-order valence-corrected chi connectivity index (χ2v) is 19.2. The van der Waals surface area contributed by atoms with Crippen molar-refractivity contribution in [3.63, 3.8) is 0 Å². The topological polar surface area (TPSA) is 69.9 Å². The summed E-state index contributed by atoms with van der Waals surface area (Å²) in [6.07, 6.45) is 13.8. The van der Waals surface area contributed by atoms with Crippen molar-refractivity contribution in [2.24, 2.45) is 0 Å². The van der Waals surface area contributed by atoms with Crippen molar-refractivity contribution in [2.45, 2.75) is 13.3 Å². The molecular formula is C65H42N4O2S. The summed E-state index contributed by atoms with van der Waals surface area (Å²) < 4.78 is 17.1. The Morgan fingerprint density at radius 2 is 1.25 bits per heavy atom. The molecule has 7 heteroatoms. The Kier molecular flexibility index (Phi) is 9.72. The molecule has 340 valence electrons. The first kappa shape index (κ1) is 41.8. The monoisotopic (exact) mass is 942 g/mol. The van der Waals surface area contributed by atoms with Crippen LogP contribution in [0.15, 0.2) is 210 Å². The normalized spacial score (nSPS) is 13.3. The predicted molar refractivity (Wildman–Crippen MR) is 300 cm³/mol. The zero-order valence-corrected chi connectivity index (χ0v) is 40.0. The summed E-state index contributed by atoms with van der Waals surface area (Å²) >= 11 is 1.84. The molecule has 0 N–H and O–H groups in total. The number of hydrogen-bond acceptors (Lipinski definition) is 6. The fraction of sp³-hybridized carbons (Fsp3) is 0.0308. The largest absolute Gasteiger partial charge is 0.456 e. The summed E-state index contributed by atoms with van der Waals surface area (Å²) in [4.78, 5) is 17.0. The lowest BCUT2D eigenvalue weighted by Gasteiger charge is -2.12. The smallest absolute Gasteiger partial charge is 0.164 e. The summed E-state index contributed by atoms with van der Waals surface area (Å²) in [7, 11) is 0. The number of furan rings is 2. The molecule has 6 nitrogen and oxygen atoms in total. The highest BCUT2D eigenvalue weighted by atomic mass is 32.1. The van der Waals surface area contributed by atoms with Crippen LogP contribution in [0.2, 0.25) is 0 Å². The van der Waals surface area contributed by atoms with Gasteiger partial charge in [0.05, 0.1) is 11.0 Å². The maximum absolute atomic E-state index is 6.83. The average Bonchev–Trinajstić information content (AvgIpc) is 4.15. The molecule has 0 bridgehead atoms. The van der Waals surface area contributed by atoms with E-state index in [1.54, 1.807) is 0 Å². The lowest BCUT2D eigenvalue weighted by atomic mass is 9.93. The minimum atomic E-state index is 0.492. The van der Waals surface area contributed by atoms with Crippen LogP contribution in [0.1, 0.15) is 29.6 Å². The van der Waals surface area contributed by atoms with Crippen molar-refractivity contribution in [1.29, 1.82) is 0 Å². The summed E-state index contributed by atoms with van der Waals surface area (Å²) in [5, 5.41) is 7.58. The number of nitrogens with zero attached hydrogens (tertiary/aromatic N) is 4. The van der Waals surface area contributed by atoms with Gasteiger partial charge >= 0.3 is 0 Å². The van der Waals surface area contributed by atoms with Crippen molar-refractivity contribution < 1.29 is 8.83 Å². The van der Waals surface area contributed by atoms with E-state index in [0.29, 0.717) is 22.9 Å². The van der Waals surface area contributed by atoms with Gasteiger partial charge in [0.1, 0.15) is 22.2 Å². The van der Waals surface area contributed by atoms with Gasteiger partial charge in [-0.1, -0.05) is 152 Å². The van der Waals surface area contributed by atoms with Crippen LogP contribution in [0.4, 0.5) is 0 Å². The lowest BCUT2D eigenvalue weighted by Crippen LogP contribution is -2.24. The van der Waals surface area contributed by atoms with Crippen molar-refractivity contribution in [3.8, 4) is 50.7 Å². The standard InChI is InChI=1S/C65H42N4O2S/c1-3-44(65-67-63(39-18-7-5-8-19-39)66-64(68-65)42-20-17-21-43(36-42)69-53-26-14-11-22-47(53)48-23-12-15-27-54(48)69)60-52-37-40(31-35-57(52)70-55(60)4-2)45-33-34-46(62-61(45)51-25-13-16-28-56(51)71-62)41-30-32-50-49-24-9-6-10-29-58(49)72-59(50)38-41/h3-5,7-38H,1,6H2,2H3/b55-4+,60-44+. The highest BCUT2D eigenvalue weighted by Gasteiger charge is 2.22. The Morgan fingerprint density at radius 1 is 0.569 bits per heavy atom. The number of allylic oxidation sites excluding steroid dienone is 3. The van der Waals surface area contributed by atoms with Gasteiger partial charge in [-0.15, -0.1) is 11.3 Å². The third kappa shape index (κ3) is 6.66. The lowest BCUT2D eigenvalue weighted by molar-refractivity contribution is 0.574. The molecule has 5 aromatic heterocycles. The van der Waals surface area contributed by atoms with E-state index in [4.69, 9.17) is 23.8 Å². The zero-order chi connectivity index (χ0) is 47.9. The number of aromatic nitrogens is 4. The first-order chi connectivity index (χ1) is 35.6. The molecule has 5 heterocycles. The summed E-state index contributed by atoms with van der Waals surface area (Å²) in [5.74, 6) is 1.60. The molecular weight excluding hydrogens is 901 g/mol. The number of para-hydroxylation sites is 3. The van der Waals surface area contributed by atoms with Gasteiger partial charge in [0, 0.05) is 75.1 Å². The van der Waals surface area contributed by atoms with Gasteiger partial charge in [0.15, 0.2) is 17.5 Å². The fourth-order valence-electron chi connectivity index (χ4n) is 10.7. The maximum Gasteiger partial charge on any atom is 0.164 e. The van der Waals surface area contributed by atoms with Crippen LogP contribution in [0.5, 0.6) is 0 Å². The van der Waals surface area contributed by atoms with Crippen LogP contribution in [0.25, 0.3) is 139 Å². The highest BCUT2D eigenvalue weighted by molar-refractivity contribution is 7.20. The molecule has 0 radical (unpaired) electrons. The van der Waals surface area contributed by atoms with Gasteiger partial charge in [0.25, 0.3) is 0 Å². The van der Waals surface area contributed by atoms with E-state index in [1.807, 2.05) is 66.8 Å². The van der Waals surface area contributed by atoms with E-state index in [-0.39, 0.29) is 0 Å². The van der Waals surface area contributed by atoms with Crippen molar-refractivity contribution in [3.05, 3.63) is 228 Å². The summed E-state index contributed by atoms with van der Waals surface area (Å²) in [5.41, 5.74) is 14.5. The third-order valence-corrected chi connectivity index (χ3v) is 15.2. The number of thiophene rings is 1. The van der Waals surface area contributed by atoms with Crippen molar-refractivity contribution in [1.82, 2.24) is 19.5 Å². The minimum Gasteiger partial charge on any atom is -0.456 e. The van der Waals surface area contributed by atoms with Crippen LogP contribution in [0, 0.1) is 0 Å². The van der Waals surface area contributed by atoms with Gasteiger partial charge in [0.2, 0.25) is 0 Å². The van der Waals surface area contributed by atoms with Crippen molar-refractivity contribution in [2.75, 3.05) is 0 Å². The van der Waals surface area contributed by atoms with E-state index in [1.165, 1.54) is 31.3 Å². The van der Waals surface area contributed by atoms with Gasteiger partial charge in [-0.25, -0.2) is 15.0 Å². The SMILES string of the molecule is C=C/C(c1nc(-c2ccccc2)nc(-c2cccc(-n3c4ccccc4c4ccccc43)c2)n1)=c1\c(=C/C)oc2ccc(-c3ccc(-c4ccc5c6c(sc5c4)C=CCC=C6)c4oc5ccccc5c34)cc12. The molecule has 8 aromatic carbocycles. The second kappa shape index (κ2) is 16.8. The minimum absolute atomic E-state index is 0.492. The first-order valence-corrected chi connectivity index (χ1v) is 25.0. The van der Waals surface area contributed by atoms with Gasteiger partial charge in [-0.3, -0.25) is 0 Å². The molecule has 1 aliphatic carbocycles. The highest BCUT2D eigenvalue weighted by Crippen LogP contribution is 2.44. The van der Waals surface area contributed by atoms with E-state index in [0.717, 1.165) is 100 Å². The van der Waals surface area contributed by atoms with Crippen LogP contribution < -0.4 is 10.6 Å². The van der Waals surface area contributed by atoms with Gasteiger partial charge in [-0.2, -0.15) is 0 Å². The number of hydrogen-bond donors (Lipinski definition) is 0. The average molecular weight is 943 g/mol. The van der Waals surface area contributed by atoms with Crippen LogP contribution in [-0.2, 0) is 0 Å². The number of fused-ring (bicyclic) bond motifs is 10. The molecule has 1 aliphatic rings. The second-order valence-electron chi connectivity index (χ2n) is 18.1. The Balaban J connectivity index is 0.952. The number of rotatable bonds is 7. The first-order valence-electron chi connectivity index (χ1n) is 24.2. The van der Waals surface area contributed by atoms with E-state index in [9.17, 15) is 0 Å². The van der Waals surface area contributed by atoms with Gasteiger partial charge < -0.3 is 13.4 Å². The van der Waals surface area contributed by atoms with Crippen LogP contribution in [-0.4, -0.2) is 19.5 Å². The quantitative estimate of drug-likeness (QED) is 0.159. The Hall–Kier alpha value is -9.17. The van der Waals surface area contributed by atoms with E-state index >= 15 is 0 Å². The van der Waals surface area contributed by atoms with Crippen molar-refractivity contribution >= 4 is 99.9 Å². The molecule has 0 aliphatic heterocycles. The molecule has 72 heavy (non-hydrogen) atoms. The molecule has 0 unspecified atom stereocenters.